The van der Waals surface area contributed by atoms with Crippen LogP contribution in [-0.4, -0.2) is 31.7 Å². The fourth-order valence-corrected chi connectivity index (χ4v) is 5.13. The fourth-order valence-electron chi connectivity index (χ4n) is 2.66. The van der Waals surface area contributed by atoms with Crippen molar-refractivity contribution in [2.45, 2.75) is 17.7 Å². The lowest BCUT2D eigenvalue weighted by Gasteiger charge is -2.16. The number of amides is 1. The van der Waals surface area contributed by atoms with E-state index in [4.69, 9.17) is 11.6 Å². The molecule has 1 N–H and O–H groups in total. The maximum absolute atomic E-state index is 12.6. The Labute approximate surface area is 165 Å². The molecule has 0 spiro atoms. The molecule has 132 valence electrons. The van der Waals surface area contributed by atoms with Crippen LogP contribution < -0.4 is 5.32 Å². The van der Waals surface area contributed by atoms with Crippen molar-refractivity contribution in [1.82, 2.24) is 4.31 Å². The van der Waals surface area contributed by atoms with E-state index in [1.807, 2.05) is 6.07 Å². The smallest absolute Gasteiger partial charge is 0.255 e. The minimum atomic E-state index is -3.56. The minimum Gasteiger partial charge on any atom is -0.321 e. The number of carbonyl (C=O) groups excluding carboxylic acids is 1. The van der Waals surface area contributed by atoms with Gasteiger partial charge >= 0.3 is 0 Å². The summed E-state index contributed by atoms with van der Waals surface area (Å²) in [4.78, 5) is 12.6. The van der Waals surface area contributed by atoms with Crippen molar-refractivity contribution in [3.8, 4) is 0 Å². The van der Waals surface area contributed by atoms with Gasteiger partial charge in [0.05, 0.1) is 15.6 Å². The maximum atomic E-state index is 12.6. The van der Waals surface area contributed by atoms with E-state index >= 15 is 0 Å². The average Bonchev–Trinajstić information content (AvgIpc) is 3.13. The zero-order valence-corrected chi connectivity index (χ0v) is 16.9. The number of nitrogens with one attached hydrogen (secondary N) is 1. The number of sulfonamides is 1. The highest BCUT2D eigenvalue weighted by atomic mass is 127. The van der Waals surface area contributed by atoms with Crippen LogP contribution in [0.5, 0.6) is 0 Å². The summed E-state index contributed by atoms with van der Waals surface area (Å²) in [5, 5.41) is 3.15. The summed E-state index contributed by atoms with van der Waals surface area (Å²) in [6.45, 7) is 1.05. The van der Waals surface area contributed by atoms with Crippen LogP contribution in [0.25, 0.3) is 0 Å². The van der Waals surface area contributed by atoms with Gasteiger partial charge < -0.3 is 5.32 Å². The molecule has 0 unspecified atom stereocenters. The van der Waals surface area contributed by atoms with Crippen LogP contribution in [0.1, 0.15) is 23.2 Å². The number of carbonyl (C=O) groups is 1. The fraction of sp³-hybridized carbons (Fsp3) is 0.235. The van der Waals surface area contributed by atoms with Gasteiger partial charge in [-0.1, -0.05) is 17.7 Å². The molecule has 0 aliphatic carbocycles. The van der Waals surface area contributed by atoms with Gasteiger partial charge in [0.1, 0.15) is 0 Å². The molecule has 0 saturated carbocycles. The number of nitrogens with zero attached hydrogens (tertiary/aromatic N) is 1. The molecule has 0 aromatic heterocycles. The van der Waals surface area contributed by atoms with Crippen LogP contribution in [0.2, 0.25) is 5.02 Å². The van der Waals surface area contributed by atoms with Crippen LogP contribution in [0, 0.1) is 3.57 Å². The number of rotatable bonds is 4. The molecule has 1 aliphatic rings. The van der Waals surface area contributed by atoms with Gasteiger partial charge in [-0.25, -0.2) is 8.42 Å². The molecule has 25 heavy (non-hydrogen) atoms. The highest BCUT2D eigenvalue weighted by molar-refractivity contribution is 14.1. The number of hydrogen-bond donors (Lipinski definition) is 1. The Morgan fingerprint density at radius 3 is 2.52 bits per heavy atom. The van der Waals surface area contributed by atoms with Crippen molar-refractivity contribution in [2.24, 2.45) is 0 Å². The third-order valence-corrected chi connectivity index (χ3v) is 6.86. The molecular weight excluding hydrogens is 475 g/mol. The molecule has 2 aromatic rings. The number of halogens is 2. The Bertz CT molecular complexity index is 912. The Morgan fingerprint density at radius 2 is 1.84 bits per heavy atom. The first-order chi connectivity index (χ1) is 11.9. The van der Waals surface area contributed by atoms with Crippen LogP contribution in [0.3, 0.4) is 0 Å². The van der Waals surface area contributed by atoms with Crippen LogP contribution >= 0.6 is 34.2 Å². The molecule has 0 atom stereocenters. The molecule has 0 radical (unpaired) electrons. The Balaban J connectivity index is 1.84. The van der Waals surface area contributed by atoms with Gasteiger partial charge in [0.2, 0.25) is 10.0 Å². The Hall–Kier alpha value is -1.16. The van der Waals surface area contributed by atoms with Gasteiger partial charge in [0.25, 0.3) is 5.91 Å². The summed E-state index contributed by atoms with van der Waals surface area (Å²) in [6, 6.07) is 11.4. The molecular formula is C17H16ClIN2O3S. The monoisotopic (exact) mass is 490 g/mol. The summed E-state index contributed by atoms with van der Waals surface area (Å²) in [6.07, 6.45) is 1.73. The zero-order chi connectivity index (χ0) is 18.0. The summed E-state index contributed by atoms with van der Waals surface area (Å²) in [5.74, 6) is -0.401. The van der Waals surface area contributed by atoms with E-state index in [9.17, 15) is 13.2 Å². The van der Waals surface area contributed by atoms with E-state index in [0.717, 1.165) is 16.4 Å². The molecule has 3 rings (SSSR count). The van der Waals surface area contributed by atoms with Crippen molar-refractivity contribution in [1.29, 1.82) is 0 Å². The highest BCUT2D eigenvalue weighted by Gasteiger charge is 2.27. The second-order valence-electron chi connectivity index (χ2n) is 5.72. The van der Waals surface area contributed by atoms with Crippen LogP contribution in [0.15, 0.2) is 47.4 Å². The normalized spacial score (nSPS) is 15.3. The van der Waals surface area contributed by atoms with Crippen molar-refractivity contribution in [3.63, 3.8) is 0 Å². The van der Waals surface area contributed by atoms with Crippen molar-refractivity contribution >= 4 is 55.8 Å². The molecule has 1 amide bonds. The van der Waals surface area contributed by atoms with Crippen molar-refractivity contribution in [2.75, 3.05) is 18.4 Å². The molecule has 2 aromatic carbocycles. The van der Waals surface area contributed by atoms with Gasteiger partial charge in [0, 0.05) is 22.2 Å². The highest BCUT2D eigenvalue weighted by Crippen LogP contribution is 2.25. The minimum absolute atomic E-state index is 0.135. The average molecular weight is 491 g/mol. The van der Waals surface area contributed by atoms with E-state index in [2.05, 4.69) is 27.9 Å². The summed E-state index contributed by atoms with van der Waals surface area (Å²) in [7, 11) is -3.56. The SMILES string of the molecule is O=C(Nc1ccc(I)cc1Cl)c1cccc(S(=O)(=O)N2CCCC2)c1. The second-order valence-corrected chi connectivity index (χ2v) is 9.31. The van der Waals surface area contributed by atoms with Gasteiger partial charge in [-0.2, -0.15) is 4.31 Å². The molecule has 1 saturated heterocycles. The quantitative estimate of drug-likeness (QED) is 0.659. The molecule has 0 bridgehead atoms. The lowest BCUT2D eigenvalue weighted by Crippen LogP contribution is -2.28. The lowest BCUT2D eigenvalue weighted by atomic mass is 10.2. The first kappa shape index (κ1) is 18.6. The topological polar surface area (TPSA) is 66.5 Å². The molecule has 5 nitrogen and oxygen atoms in total. The first-order valence-corrected chi connectivity index (χ1v) is 10.6. The molecule has 1 aliphatic heterocycles. The van der Waals surface area contributed by atoms with Crippen molar-refractivity contribution in [3.05, 3.63) is 56.6 Å². The van der Waals surface area contributed by atoms with Gasteiger partial charge in [-0.3, -0.25) is 4.79 Å². The Kier molecular flexibility index (Phi) is 5.67. The predicted octanol–water partition coefficient (Wildman–Crippen LogP) is 3.98. The van der Waals surface area contributed by atoms with Crippen LogP contribution in [0.4, 0.5) is 5.69 Å². The Morgan fingerprint density at radius 1 is 1.12 bits per heavy atom. The van der Waals surface area contributed by atoms with Gasteiger partial charge in [0.15, 0.2) is 0 Å². The van der Waals surface area contributed by atoms with E-state index in [-0.39, 0.29) is 10.5 Å². The third-order valence-electron chi connectivity index (χ3n) is 3.98. The molecule has 1 heterocycles. The van der Waals surface area contributed by atoms with E-state index in [1.165, 1.54) is 16.4 Å². The number of benzene rings is 2. The maximum Gasteiger partial charge on any atom is 0.255 e. The second kappa shape index (κ2) is 7.61. The van der Waals surface area contributed by atoms with Gasteiger partial charge in [-0.05, 0) is 71.8 Å². The van der Waals surface area contributed by atoms with E-state index in [1.54, 1.807) is 24.3 Å². The zero-order valence-electron chi connectivity index (χ0n) is 13.2. The first-order valence-electron chi connectivity index (χ1n) is 7.74. The summed E-state index contributed by atoms with van der Waals surface area (Å²) >= 11 is 8.26. The number of hydrogen-bond acceptors (Lipinski definition) is 3. The lowest BCUT2D eigenvalue weighted by molar-refractivity contribution is 0.102. The van der Waals surface area contributed by atoms with Crippen molar-refractivity contribution < 1.29 is 13.2 Å². The molecule has 8 heteroatoms. The predicted molar refractivity (Wildman–Crippen MR) is 107 cm³/mol. The summed E-state index contributed by atoms with van der Waals surface area (Å²) in [5.41, 5.74) is 0.759. The largest absolute Gasteiger partial charge is 0.321 e. The number of anilines is 1. The van der Waals surface area contributed by atoms with Crippen LogP contribution in [-0.2, 0) is 10.0 Å². The van der Waals surface area contributed by atoms with Gasteiger partial charge in [-0.15, -0.1) is 0 Å². The summed E-state index contributed by atoms with van der Waals surface area (Å²) < 4.78 is 27.7. The van der Waals surface area contributed by atoms with E-state index in [0.29, 0.717) is 23.8 Å². The standard InChI is InChI=1S/C17H16ClIN2O3S/c18-15-11-13(19)6-7-16(15)20-17(22)12-4-3-5-14(10-12)25(23,24)21-8-1-2-9-21/h3-7,10-11H,1-2,8-9H2,(H,20,22). The van der Waals surface area contributed by atoms with E-state index < -0.39 is 15.9 Å². The molecule has 1 fully saturated rings. The third kappa shape index (κ3) is 4.16.